The maximum Gasteiger partial charge on any atom is 0.343 e. The number of rotatable bonds is 6. The van der Waals surface area contributed by atoms with Gasteiger partial charge < -0.3 is 9.47 Å². The number of nitrogens with zero attached hydrogens (tertiary/aromatic N) is 3. The van der Waals surface area contributed by atoms with Crippen LogP contribution in [0.5, 0.6) is 5.75 Å². The molecule has 30 heavy (non-hydrogen) atoms. The van der Waals surface area contributed by atoms with Crippen LogP contribution in [-0.4, -0.2) is 33.8 Å². The number of carbonyl (C=O) groups is 2. The standard InChI is InChI=1S/C21H19N3O6/c1-13-19(24(27)28)14(2)23(22-13)12-15-4-6-17(7-5-15)21(26)30-18-10-8-16(9-11-18)20(25)29-3/h4-11H,12H2,1-3H3. The summed E-state index contributed by atoms with van der Waals surface area (Å²) >= 11 is 0. The van der Waals surface area contributed by atoms with Crippen LogP contribution in [0.3, 0.4) is 0 Å². The van der Waals surface area contributed by atoms with Crippen molar-refractivity contribution in [1.29, 1.82) is 0 Å². The van der Waals surface area contributed by atoms with Crippen LogP contribution in [0.25, 0.3) is 0 Å². The summed E-state index contributed by atoms with van der Waals surface area (Å²) < 4.78 is 11.5. The molecule has 0 aliphatic heterocycles. The predicted octanol–water partition coefficient (Wildman–Crippen LogP) is 3.46. The molecule has 9 nitrogen and oxygen atoms in total. The number of esters is 2. The van der Waals surface area contributed by atoms with E-state index < -0.39 is 16.9 Å². The number of hydrogen-bond donors (Lipinski definition) is 0. The first-order chi connectivity index (χ1) is 14.3. The van der Waals surface area contributed by atoms with Crippen LogP contribution in [0.4, 0.5) is 5.69 Å². The number of carbonyl (C=O) groups excluding carboxylic acids is 2. The monoisotopic (exact) mass is 409 g/mol. The molecule has 1 heterocycles. The summed E-state index contributed by atoms with van der Waals surface area (Å²) in [5.74, 6) is -0.725. The number of hydrogen-bond acceptors (Lipinski definition) is 7. The van der Waals surface area contributed by atoms with Crippen molar-refractivity contribution in [3.05, 3.63) is 86.7 Å². The van der Waals surface area contributed by atoms with Crippen molar-refractivity contribution in [2.45, 2.75) is 20.4 Å². The third-order valence-corrected chi connectivity index (χ3v) is 4.53. The van der Waals surface area contributed by atoms with Gasteiger partial charge in [0, 0.05) is 0 Å². The number of benzene rings is 2. The molecule has 0 aliphatic rings. The number of methoxy groups -OCH3 is 1. The number of aryl methyl sites for hydroxylation is 1. The van der Waals surface area contributed by atoms with Gasteiger partial charge >= 0.3 is 17.6 Å². The first kappa shape index (κ1) is 20.7. The second kappa shape index (κ2) is 8.56. The Bertz CT molecular complexity index is 1100. The lowest BCUT2D eigenvalue weighted by molar-refractivity contribution is -0.386. The van der Waals surface area contributed by atoms with Crippen LogP contribution in [0.2, 0.25) is 0 Å². The van der Waals surface area contributed by atoms with Gasteiger partial charge in [-0.2, -0.15) is 5.10 Å². The van der Waals surface area contributed by atoms with Gasteiger partial charge in [-0.1, -0.05) is 12.1 Å². The molecule has 0 amide bonds. The lowest BCUT2D eigenvalue weighted by Gasteiger charge is -2.07. The quantitative estimate of drug-likeness (QED) is 0.265. The lowest BCUT2D eigenvalue weighted by Crippen LogP contribution is -2.09. The normalized spacial score (nSPS) is 10.5. The average Bonchev–Trinajstić information content (AvgIpc) is 3.01. The molecule has 0 N–H and O–H groups in total. The molecule has 0 saturated carbocycles. The zero-order valence-corrected chi connectivity index (χ0v) is 16.6. The van der Waals surface area contributed by atoms with Gasteiger partial charge in [-0.15, -0.1) is 0 Å². The van der Waals surface area contributed by atoms with Crippen LogP contribution in [0.1, 0.15) is 37.7 Å². The van der Waals surface area contributed by atoms with E-state index in [0.717, 1.165) is 5.56 Å². The summed E-state index contributed by atoms with van der Waals surface area (Å²) in [6, 6.07) is 12.7. The summed E-state index contributed by atoms with van der Waals surface area (Å²) in [6.07, 6.45) is 0. The molecule has 0 spiro atoms. The van der Waals surface area contributed by atoms with Crippen LogP contribution in [0.15, 0.2) is 48.5 Å². The van der Waals surface area contributed by atoms with E-state index in [1.165, 1.54) is 31.4 Å². The second-order valence-electron chi connectivity index (χ2n) is 6.54. The van der Waals surface area contributed by atoms with Gasteiger partial charge in [-0.3, -0.25) is 14.8 Å². The van der Waals surface area contributed by atoms with E-state index in [2.05, 4.69) is 9.84 Å². The van der Waals surface area contributed by atoms with Gasteiger partial charge in [0.15, 0.2) is 0 Å². The SMILES string of the molecule is COC(=O)c1ccc(OC(=O)c2ccc(Cn3nc(C)c([N+](=O)[O-])c3C)cc2)cc1. The molecule has 0 unspecified atom stereocenters. The smallest absolute Gasteiger partial charge is 0.343 e. The zero-order valence-electron chi connectivity index (χ0n) is 16.6. The van der Waals surface area contributed by atoms with Crippen LogP contribution in [0, 0.1) is 24.0 Å². The molecule has 3 aromatic rings. The summed E-state index contributed by atoms with van der Waals surface area (Å²) in [6.45, 7) is 3.58. The molecular formula is C21H19N3O6. The average molecular weight is 409 g/mol. The zero-order chi connectivity index (χ0) is 21.8. The first-order valence-electron chi connectivity index (χ1n) is 8.98. The van der Waals surface area contributed by atoms with Gasteiger partial charge in [0.25, 0.3) is 0 Å². The second-order valence-corrected chi connectivity index (χ2v) is 6.54. The van der Waals surface area contributed by atoms with Gasteiger partial charge in [0.2, 0.25) is 0 Å². The minimum atomic E-state index is -0.547. The Morgan fingerprint density at radius 2 is 1.57 bits per heavy atom. The van der Waals surface area contributed by atoms with Crippen molar-refractivity contribution in [3.63, 3.8) is 0 Å². The molecule has 0 fully saturated rings. The van der Waals surface area contributed by atoms with Gasteiger partial charge in [-0.25, -0.2) is 9.59 Å². The Labute approximate surface area is 172 Å². The van der Waals surface area contributed by atoms with E-state index in [4.69, 9.17) is 4.74 Å². The Morgan fingerprint density at radius 3 is 2.10 bits per heavy atom. The highest BCUT2D eigenvalue weighted by molar-refractivity contribution is 5.92. The Hall–Kier alpha value is -4.01. The fourth-order valence-electron chi connectivity index (χ4n) is 2.97. The van der Waals surface area contributed by atoms with Crippen molar-refractivity contribution in [2.24, 2.45) is 0 Å². The van der Waals surface area contributed by atoms with Gasteiger partial charge in [-0.05, 0) is 55.8 Å². The minimum Gasteiger partial charge on any atom is -0.465 e. The maximum atomic E-state index is 12.3. The summed E-state index contributed by atoms with van der Waals surface area (Å²) in [7, 11) is 1.29. The summed E-state index contributed by atoms with van der Waals surface area (Å²) in [4.78, 5) is 34.4. The molecule has 0 atom stereocenters. The third-order valence-electron chi connectivity index (χ3n) is 4.53. The van der Waals surface area contributed by atoms with Crippen molar-refractivity contribution in [1.82, 2.24) is 9.78 Å². The highest BCUT2D eigenvalue weighted by Gasteiger charge is 2.21. The van der Waals surface area contributed by atoms with Crippen molar-refractivity contribution < 1.29 is 24.0 Å². The fourth-order valence-corrected chi connectivity index (χ4v) is 2.97. The van der Waals surface area contributed by atoms with E-state index >= 15 is 0 Å². The Morgan fingerprint density at radius 1 is 1.00 bits per heavy atom. The molecule has 0 bridgehead atoms. The van der Waals surface area contributed by atoms with Crippen molar-refractivity contribution in [2.75, 3.05) is 7.11 Å². The number of aromatic nitrogens is 2. The predicted molar refractivity (Wildman–Crippen MR) is 107 cm³/mol. The Kier molecular flexibility index (Phi) is 5.91. The molecule has 1 aromatic heterocycles. The van der Waals surface area contributed by atoms with Crippen LogP contribution in [-0.2, 0) is 11.3 Å². The Balaban J connectivity index is 1.68. The molecule has 3 rings (SSSR count). The molecule has 2 aromatic carbocycles. The van der Waals surface area contributed by atoms with E-state index in [0.29, 0.717) is 34.8 Å². The molecule has 0 aliphatic carbocycles. The lowest BCUT2D eigenvalue weighted by atomic mass is 10.1. The highest BCUT2D eigenvalue weighted by Crippen LogP contribution is 2.23. The summed E-state index contributed by atoms with van der Waals surface area (Å²) in [5, 5.41) is 15.3. The summed E-state index contributed by atoms with van der Waals surface area (Å²) in [5.41, 5.74) is 2.36. The third kappa shape index (κ3) is 4.35. The van der Waals surface area contributed by atoms with E-state index in [-0.39, 0.29) is 5.69 Å². The van der Waals surface area contributed by atoms with E-state index in [1.54, 1.807) is 42.8 Å². The van der Waals surface area contributed by atoms with Gasteiger partial charge in [0.05, 0.1) is 29.7 Å². The molecule has 0 radical (unpaired) electrons. The fraction of sp³-hybridized carbons (Fsp3) is 0.190. The molecule has 9 heteroatoms. The largest absolute Gasteiger partial charge is 0.465 e. The van der Waals surface area contributed by atoms with Crippen LogP contribution >= 0.6 is 0 Å². The van der Waals surface area contributed by atoms with E-state index in [9.17, 15) is 19.7 Å². The topological polar surface area (TPSA) is 114 Å². The molecule has 154 valence electrons. The highest BCUT2D eigenvalue weighted by atomic mass is 16.6. The molecular weight excluding hydrogens is 390 g/mol. The van der Waals surface area contributed by atoms with Crippen molar-refractivity contribution in [3.8, 4) is 5.75 Å². The number of ether oxygens (including phenoxy) is 2. The number of nitro groups is 1. The van der Waals surface area contributed by atoms with Gasteiger partial charge in [0.1, 0.15) is 17.1 Å². The van der Waals surface area contributed by atoms with Crippen LogP contribution < -0.4 is 4.74 Å². The van der Waals surface area contributed by atoms with Crippen molar-refractivity contribution >= 4 is 17.6 Å². The minimum absolute atomic E-state index is 0.00779. The maximum absolute atomic E-state index is 12.3. The first-order valence-corrected chi connectivity index (χ1v) is 8.98. The molecule has 0 saturated heterocycles. The van der Waals surface area contributed by atoms with E-state index in [1.807, 2.05) is 0 Å².